The molecule has 0 atom stereocenters. The number of rotatable bonds is 7. The van der Waals surface area contributed by atoms with E-state index >= 15 is 0 Å². The Kier molecular flexibility index (Phi) is 6.55. The minimum Gasteiger partial charge on any atom is -0.354 e. The lowest BCUT2D eigenvalue weighted by molar-refractivity contribution is -0.121. The highest BCUT2D eigenvalue weighted by Gasteiger charge is 2.05. The van der Waals surface area contributed by atoms with Crippen molar-refractivity contribution in [2.24, 2.45) is 0 Å². The van der Waals surface area contributed by atoms with E-state index < -0.39 is 0 Å². The van der Waals surface area contributed by atoms with Gasteiger partial charge in [-0.2, -0.15) is 0 Å². The first-order valence-corrected chi connectivity index (χ1v) is 8.22. The molecular formula is C20H24N2O2. The summed E-state index contributed by atoms with van der Waals surface area (Å²) in [6, 6.07) is 15.6. The zero-order valence-electron chi connectivity index (χ0n) is 14.3. The first-order valence-electron chi connectivity index (χ1n) is 8.22. The van der Waals surface area contributed by atoms with E-state index in [1.165, 1.54) is 5.56 Å². The maximum atomic E-state index is 12.0. The van der Waals surface area contributed by atoms with Crippen molar-refractivity contribution in [3.8, 4) is 0 Å². The molecule has 0 aliphatic rings. The zero-order chi connectivity index (χ0) is 17.4. The first-order chi connectivity index (χ1) is 11.5. The van der Waals surface area contributed by atoms with Crippen LogP contribution in [0.5, 0.6) is 0 Å². The number of hydrogen-bond donors (Lipinski definition) is 2. The first kappa shape index (κ1) is 17.7. The SMILES string of the molecule is Cc1ccc(CCC(=O)NCCNC(=O)c2cccc(C)c2)cc1. The van der Waals surface area contributed by atoms with E-state index in [0.717, 1.165) is 17.5 Å². The van der Waals surface area contributed by atoms with Crippen LogP contribution in [0.4, 0.5) is 0 Å². The summed E-state index contributed by atoms with van der Waals surface area (Å²) in [5.74, 6) is -0.118. The zero-order valence-corrected chi connectivity index (χ0v) is 14.3. The Morgan fingerprint density at radius 2 is 1.58 bits per heavy atom. The van der Waals surface area contributed by atoms with Crippen molar-refractivity contribution in [2.45, 2.75) is 26.7 Å². The summed E-state index contributed by atoms with van der Waals surface area (Å²) < 4.78 is 0. The van der Waals surface area contributed by atoms with Crippen LogP contribution in [0.3, 0.4) is 0 Å². The Morgan fingerprint density at radius 1 is 0.875 bits per heavy atom. The smallest absolute Gasteiger partial charge is 0.251 e. The fourth-order valence-corrected chi connectivity index (χ4v) is 2.37. The number of carbonyl (C=O) groups excluding carboxylic acids is 2. The van der Waals surface area contributed by atoms with Gasteiger partial charge in [-0.05, 0) is 38.0 Å². The van der Waals surface area contributed by atoms with Gasteiger partial charge in [0.2, 0.25) is 5.91 Å². The topological polar surface area (TPSA) is 58.2 Å². The quantitative estimate of drug-likeness (QED) is 0.770. The molecule has 4 heteroatoms. The highest BCUT2D eigenvalue weighted by molar-refractivity contribution is 5.94. The predicted molar refractivity (Wildman–Crippen MR) is 96.0 cm³/mol. The fourth-order valence-electron chi connectivity index (χ4n) is 2.37. The van der Waals surface area contributed by atoms with Crippen molar-refractivity contribution in [1.29, 1.82) is 0 Å². The Balaban J connectivity index is 1.64. The molecule has 0 spiro atoms. The molecule has 4 nitrogen and oxygen atoms in total. The molecule has 0 saturated heterocycles. The van der Waals surface area contributed by atoms with Crippen molar-refractivity contribution in [1.82, 2.24) is 10.6 Å². The minimum absolute atomic E-state index is 0.000351. The molecule has 2 N–H and O–H groups in total. The molecule has 0 fully saturated rings. The van der Waals surface area contributed by atoms with Crippen LogP contribution in [0.15, 0.2) is 48.5 Å². The molecule has 0 aromatic heterocycles. The normalized spacial score (nSPS) is 10.2. The standard InChI is InChI=1S/C20H24N2O2/c1-15-6-8-17(9-7-15)10-11-19(23)21-12-13-22-20(24)18-5-3-4-16(2)14-18/h3-9,14H,10-13H2,1-2H3,(H,21,23)(H,22,24). The van der Waals surface area contributed by atoms with Crippen molar-refractivity contribution in [2.75, 3.05) is 13.1 Å². The molecule has 126 valence electrons. The molecule has 0 bridgehead atoms. The largest absolute Gasteiger partial charge is 0.354 e. The van der Waals surface area contributed by atoms with Crippen LogP contribution < -0.4 is 10.6 Å². The summed E-state index contributed by atoms with van der Waals surface area (Å²) in [4.78, 5) is 23.8. The molecule has 24 heavy (non-hydrogen) atoms. The molecule has 0 heterocycles. The van der Waals surface area contributed by atoms with Crippen LogP contribution in [0.25, 0.3) is 0 Å². The van der Waals surface area contributed by atoms with Gasteiger partial charge in [-0.3, -0.25) is 9.59 Å². The van der Waals surface area contributed by atoms with Crippen LogP contribution in [-0.2, 0) is 11.2 Å². The van der Waals surface area contributed by atoms with Gasteiger partial charge in [0.25, 0.3) is 5.91 Å². The number of nitrogens with one attached hydrogen (secondary N) is 2. The molecule has 0 aliphatic carbocycles. The van der Waals surface area contributed by atoms with Crippen molar-refractivity contribution >= 4 is 11.8 Å². The van der Waals surface area contributed by atoms with Gasteiger partial charge >= 0.3 is 0 Å². The van der Waals surface area contributed by atoms with Crippen LogP contribution in [0.2, 0.25) is 0 Å². The number of carbonyl (C=O) groups is 2. The van der Waals surface area contributed by atoms with Crippen LogP contribution >= 0.6 is 0 Å². The number of amides is 2. The average Bonchev–Trinajstić information content (AvgIpc) is 2.58. The highest BCUT2D eigenvalue weighted by atomic mass is 16.2. The summed E-state index contributed by atoms with van der Waals surface area (Å²) in [7, 11) is 0. The van der Waals surface area contributed by atoms with E-state index in [-0.39, 0.29) is 11.8 Å². The molecule has 2 amide bonds. The molecule has 2 rings (SSSR count). The lowest BCUT2D eigenvalue weighted by atomic mass is 10.1. The highest BCUT2D eigenvalue weighted by Crippen LogP contribution is 2.05. The summed E-state index contributed by atoms with van der Waals surface area (Å²) in [6.07, 6.45) is 1.18. The van der Waals surface area contributed by atoms with Crippen molar-refractivity contribution in [3.63, 3.8) is 0 Å². The van der Waals surface area contributed by atoms with Gasteiger partial charge in [0.05, 0.1) is 0 Å². The third-order valence-corrected chi connectivity index (χ3v) is 3.77. The third-order valence-electron chi connectivity index (χ3n) is 3.77. The molecule has 0 saturated carbocycles. The second kappa shape index (κ2) is 8.87. The number of hydrogen-bond acceptors (Lipinski definition) is 2. The van der Waals surface area contributed by atoms with Gasteiger partial charge < -0.3 is 10.6 Å². The van der Waals surface area contributed by atoms with Crippen LogP contribution in [-0.4, -0.2) is 24.9 Å². The van der Waals surface area contributed by atoms with Crippen molar-refractivity contribution in [3.05, 3.63) is 70.8 Å². The van der Waals surface area contributed by atoms with E-state index in [0.29, 0.717) is 25.1 Å². The average molecular weight is 324 g/mol. The van der Waals surface area contributed by atoms with Crippen LogP contribution in [0.1, 0.15) is 33.5 Å². The van der Waals surface area contributed by atoms with Gasteiger partial charge in [0, 0.05) is 25.1 Å². The van der Waals surface area contributed by atoms with Gasteiger partial charge in [-0.1, -0.05) is 47.5 Å². The summed E-state index contributed by atoms with van der Waals surface area (Å²) >= 11 is 0. The van der Waals surface area contributed by atoms with E-state index in [9.17, 15) is 9.59 Å². The second-order valence-corrected chi connectivity index (χ2v) is 5.96. The van der Waals surface area contributed by atoms with E-state index in [4.69, 9.17) is 0 Å². The minimum atomic E-state index is -0.118. The van der Waals surface area contributed by atoms with Gasteiger partial charge in [-0.15, -0.1) is 0 Å². The van der Waals surface area contributed by atoms with E-state index in [1.54, 1.807) is 6.07 Å². The number of aryl methyl sites for hydroxylation is 3. The van der Waals surface area contributed by atoms with Gasteiger partial charge in [0.15, 0.2) is 0 Å². The molecule has 2 aromatic carbocycles. The number of benzene rings is 2. The Hall–Kier alpha value is -2.62. The fraction of sp³-hybridized carbons (Fsp3) is 0.300. The molecule has 0 unspecified atom stereocenters. The Morgan fingerprint density at radius 3 is 2.29 bits per heavy atom. The monoisotopic (exact) mass is 324 g/mol. The molecule has 0 radical (unpaired) electrons. The van der Waals surface area contributed by atoms with Gasteiger partial charge in [0.1, 0.15) is 0 Å². The molecular weight excluding hydrogens is 300 g/mol. The summed E-state index contributed by atoms with van der Waals surface area (Å²) in [5.41, 5.74) is 4.06. The lowest BCUT2D eigenvalue weighted by Crippen LogP contribution is -2.34. The van der Waals surface area contributed by atoms with E-state index in [2.05, 4.69) is 10.6 Å². The lowest BCUT2D eigenvalue weighted by Gasteiger charge is -2.08. The third kappa shape index (κ3) is 5.88. The second-order valence-electron chi connectivity index (χ2n) is 5.96. The van der Waals surface area contributed by atoms with Crippen molar-refractivity contribution < 1.29 is 9.59 Å². The maximum absolute atomic E-state index is 12.0. The van der Waals surface area contributed by atoms with E-state index in [1.807, 2.05) is 56.3 Å². The predicted octanol–water partition coefficient (Wildman–Crippen LogP) is 2.78. The van der Waals surface area contributed by atoms with Crippen LogP contribution in [0, 0.1) is 13.8 Å². The summed E-state index contributed by atoms with van der Waals surface area (Å²) in [6.45, 7) is 4.85. The Bertz CT molecular complexity index is 693. The van der Waals surface area contributed by atoms with Gasteiger partial charge in [-0.25, -0.2) is 0 Å². The maximum Gasteiger partial charge on any atom is 0.251 e. The Labute approximate surface area is 143 Å². The summed E-state index contributed by atoms with van der Waals surface area (Å²) in [5, 5.41) is 5.64. The molecule has 2 aromatic rings. The molecule has 0 aliphatic heterocycles.